The molecule has 5 rings (SSSR count). The summed E-state index contributed by atoms with van der Waals surface area (Å²) in [6, 6.07) is 19.0. The molecule has 8 nitrogen and oxygen atoms in total. The van der Waals surface area contributed by atoms with Gasteiger partial charge in [-0.3, -0.25) is 19.6 Å². The number of anilines is 1. The number of hydrogen-bond acceptors (Lipinski definition) is 6. The quantitative estimate of drug-likeness (QED) is 0.382. The van der Waals surface area contributed by atoms with Crippen LogP contribution in [0.4, 0.5) is 5.82 Å². The molecule has 2 aromatic carbocycles. The summed E-state index contributed by atoms with van der Waals surface area (Å²) in [5.41, 5.74) is 1.60. The minimum Gasteiger partial charge on any atom is -0.340 e. The second-order valence-electron chi connectivity index (χ2n) is 8.76. The maximum atomic E-state index is 13.6. The number of rotatable bonds is 7. The van der Waals surface area contributed by atoms with Gasteiger partial charge in [0.25, 0.3) is 0 Å². The number of amides is 1. The number of sulfone groups is 1. The second-order valence-corrected chi connectivity index (χ2v) is 11.1. The van der Waals surface area contributed by atoms with Gasteiger partial charge in [0.15, 0.2) is 0 Å². The van der Waals surface area contributed by atoms with Crippen molar-refractivity contribution in [3.05, 3.63) is 83.6 Å². The molecule has 3 heterocycles. The van der Waals surface area contributed by atoms with Crippen molar-refractivity contribution in [2.75, 3.05) is 38.0 Å². The predicted molar refractivity (Wildman–Crippen MR) is 140 cm³/mol. The average Bonchev–Trinajstić information content (AvgIpc) is 3.24. The molecule has 186 valence electrons. The lowest BCUT2D eigenvalue weighted by atomic mass is 10.2. The maximum Gasteiger partial charge on any atom is 0.239 e. The number of nitrogens with zero attached hydrogens (tertiary/aromatic N) is 3. The van der Waals surface area contributed by atoms with E-state index in [2.05, 4.69) is 25.1 Å². The Balaban J connectivity index is 1.31. The van der Waals surface area contributed by atoms with Gasteiger partial charge in [0.2, 0.25) is 15.7 Å². The number of H-pyrrole nitrogens is 1. The molecule has 0 aliphatic carbocycles. The van der Waals surface area contributed by atoms with Crippen molar-refractivity contribution in [3.63, 3.8) is 0 Å². The zero-order valence-electron chi connectivity index (χ0n) is 19.5. The van der Waals surface area contributed by atoms with E-state index in [0.717, 1.165) is 38.4 Å². The molecule has 0 bridgehead atoms. The lowest BCUT2D eigenvalue weighted by Crippen LogP contribution is -2.48. The van der Waals surface area contributed by atoms with E-state index < -0.39 is 9.84 Å². The van der Waals surface area contributed by atoms with Crippen LogP contribution in [0.5, 0.6) is 0 Å². The van der Waals surface area contributed by atoms with Crippen molar-refractivity contribution in [3.8, 4) is 0 Å². The number of aromatic amines is 1. The zero-order chi connectivity index (χ0) is 25.1. The number of nitrogens with one attached hydrogen (secondary N) is 2. The summed E-state index contributed by atoms with van der Waals surface area (Å²) in [5.74, 6) is -0.134. The molecule has 0 atom stereocenters. The van der Waals surface area contributed by atoms with E-state index in [1.807, 2.05) is 18.2 Å². The van der Waals surface area contributed by atoms with Crippen LogP contribution in [0.15, 0.2) is 82.7 Å². The summed E-state index contributed by atoms with van der Waals surface area (Å²) in [7, 11) is -3.92. The van der Waals surface area contributed by atoms with Crippen molar-refractivity contribution in [1.82, 2.24) is 19.8 Å². The third-order valence-corrected chi connectivity index (χ3v) is 8.33. The fraction of sp³-hybridized carbons (Fsp3) is 0.231. The first-order valence-electron chi connectivity index (χ1n) is 11.7. The van der Waals surface area contributed by atoms with Gasteiger partial charge in [-0.15, -0.1) is 0 Å². The highest BCUT2D eigenvalue weighted by molar-refractivity contribution is 7.92. The SMILES string of the molecule is O=C(CN1CCN(Cc2ccccn2)CC1)Nc1[nH]c2ccc(Cl)cc2c1S(=O)(=O)c1ccccc1. The molecule has 0 spiro atoms. The number of carbonyl (C=O) groups excluding carboxylic acids is 1. The fourth-order valence-electron chi connectivity index (χ4n) is 4.43. The van der Waals surface area contributed by atoms with Gasteiger partial charge in [0, 0.05) is 54.8 Å². The van der Waals surface area contributed by atoms with Gasteiger partial charge in [-0.1, -0.05) is 35.9 Å². The summed E-state index contributed by atoms with van der Waals surface area (Å²) in [4.78, 5) is 25.0. The van der Waals surface area contributed by atoms with E-state index in [-0.39, 0.29) is 28.1 Å². The molecule has 36 heavy (non-hydrogen) atoms. The summed E-state index contributed by atoms with van der Waals surface area (Å²) in [6.45, 7) is 4.05. The summed E-state index contributed by atoms with van der Waals surface area (Å²) < 4.78 is 27.1. The Kier molecular flexibility index (Phi) is 7.06. The fourth-order valence-corrected chi connectivity index (χ4v) is 6.18. The van der Waals surface area contributed by atoms with Crippen LogP contribution in [0, 0.1) is 0 Å². The van der Waals surface area contributed by atoms with E-state index in [1.165, 1.54) is 12.1 Å². The Hall–Kier alpha value is -3.24. The average molecular weight is 524 g/mol. The molecular weight excluding hydrogens is 498 g/mol. The van der Waals surface area contributed by atoms with Crippen molar-refractivity contribution in [1.29, 1.82) is 0 Å². The van der Waals surface area contributed by atoms with Crippen LogP contribution in [0.25, 0.3) is 10.9 Å². The van der Waals surface area contributed by atoms with Crippen LogP contribution in [0.2, 0.25) is 5.02 Å². The molecule has 2 aromatic heterocycles. The summed E-state index contributed by atoms with van der Waals surface area (Å²) in [6.07, 6.45) is 1.79. The highest BCUT2D eigenvalue weighted by atomic mass is 35.5. The third kappa shape index (κ3) is 5.29. The number of halogens is 1. The van der Waals surface area contributed by atoms with Gasteiger partial charge < -0.3 is 10.3 Å². The van der Waals surface area contributed by atoms with Crippen LogP contribution >= 0.6 is 11.6 Å². The molecule has 2 N–H and O–H groups in total. The first-order chi connectivity index (χ1) is 17.4. The molecule has 0 saturated carbocycles. The van der Waals surface area contributed by atoms with Crippen molar-refractivity contribution >= 4 is 44.1 Å². The van der Waals surface area contributed by atoms with E-state index in [1.54, 1.807) is 42.6 Å². The van der Waals surface area contributed by atoms with Crippen LogP contribution < -0.4 is 5.32 Å². The van der Waals surface area contributed by atoms with Gasteiger partial charge in [0.1, 0.15) is 10.7 Å². The van der Waals surface area contributed by atoms with Gasteiger partial charge in [0.05, 0.1) is 17.1 Å². The number of aromatic nitrogens is 2. The molecular formula is C26H26ClN5O3S. The molecule has 10 heteroatoms. The Morgan fingerprint density at radius 2 is 1.69 bits per heavy atom. The lowest BCUT2D eigenvalue weighted by molar-refractivity contribution is -0.117. The Morgan fingerprint density at radius 3 is 2.42 bits per heavy atom. The Bertz CT molecular complexity index is 1470. The lowest BCUT2D eigenvalue weighted by Gasteiger charge is -2.34. The number of hydrogen-bond donors (Lipinski definition) is 2. The topological polar surface area (TPSA) is 98.4 Å². The van der Waals surface area contributed by atoms with Crippen molar-refractivity contribution < 1.29 is 13.2 Å². The smallest absolute Gasteiger partial charge is 0.239 e. The molecule has 1 aliphatic rings. The second kappa shape index (κ2) is 10.4. The monoisotopic (exact) mass is 523 g/mol. The minimum atomic E-state index is -3.92. The standard InChI is InChI=1S/C26H26ClN5O3S/c27-19-9-10-23-22(16-19)25(36(34,35)21-7-2-1-3-8-21)26(29-23)30-24(33)18-32-14-12-31(13-15-32)17-20-6-4-5-11-28-20/h1-11,16,29H,12-15,17-18H2,(H,30,33). The van der Waals surface area contributed by atoms with Gasteiger partial charge in [-0.25, -0.2) is 8.42 Å². The molecule has 1 fully saturated rings. The molecule has 1 amide bonds. The normalized spacial score (nSPS) is 15.2. The molecule has 4 aromatic rings. The van der Waals surface area contributed by atoms with Crippen molar-refractivity contribution in [2.24, 2.45) is 0 Å². The third-order valence-electron chi connectivity index (χ3n) is 6.24. The van der Waals surface area contributed by atoms with E-state index >= 15 is 0 Å². The Morgan fingerprint density at radius 1 is 0.972 bits per heavy atom. The van der Waals surface area contributed by atoms with E-state index in [4.69, 9.17) is 11.6 Å². The van der Waals surface area contributed by atoms with Crippen LogP contribution in [0.3, 0.4) is 0 Å². The minimum absolute atomic E-state index is 0.0136. The first-order valence-corrected chi connectivity index (χ1v) is 13.5. The first kappa shape index (κ1) is 24.5. The maximum absolute atomic E-state index is 13.6. The van der Waals surface area contributed by atoms with Crippen LogP contribution in [0.1, 0.15) is 5.69 Å². The highest BCUT2D eigenvalue weighted by Crippen LogP contribution is 2.36. The number of piperazine rings is 1. The molecule has 0 radical (unpaired) electrons. The van der Waals surface area contributed by atoms with Crippen LogP contribution in [-0.4, -0.2) is 66.8 Å². The number of carbonyl (C=O) groups is 1. The van der Waals surface area contributed by atoms with E-state index in [9.17, 15) is 13.2 Å². The van der Waals surface area contributed by atoms with Gasteiger partial charge in [-0.2, -0.15) is 0 Å². The van der Waals surface area contributed by atoms with Crippen molar-refractivity contribution in [2.45, 2.75) is 16.3 Å². The van der Waals surface area contributed by atoms with Crippen LogP contribution in [-0.2, 0) is 21.2 Å². The molecule has 0 unspecified atom stereocenters. The van der Waals surface area contributed by atoms with E-state index in [0.29, 0.717) is 15.9 Å². The van der Waals surface area contributed by atoms with Gasteiger partial charge >= 0.3 is 0 Å². The summed E-state index contributed by atoms with van der Waals surface area (Å²) in [5, 5.41) is 3.66. The largest absolute Gasteiger partial charge is 0.340 e. The molecule has 1 saturated heterocycles. The number of pyridine rings is 1. The van der Waals surface area contributed by atoms with Gasteiger partial charge in [-0.05, 0) is 42.5 Å². The predicted octanol–water partition coefficient (Wildman–Crippen LogP) is 3.81. The number of benzene rings is 2. The number of fused-ring (bicyclic) bond motifs is 1. The molecule has 1 aliphatic heterocycles. The highest BCUT2D eigenvalue weighted by Gasteiger charge is 2.28. The summed E-state index contributed by atoms with van der Waals surface area (Å²) >= 11 is 6.18. The Labute approximate surface area is 214 Å². The zero-order valence-corrected chi connectivity index (χ0v) is 21.1.